The van der Waals surface area contributed by atoms with E-state index in [1.54, 1.807) is 4.90 Å². The molecular formula is C16H18ClFN2O4. The summed E-state index contributed by atoms with van der Waals surface area (Å²) >= 11 is 5.66. The number of aliphatic carboxylic acids is 1. The van der Waals surface area contributed by atoms with Crippen LogP contribution >= 0.6 is 11.6 Å². The van der Waals surface area contributed by atoms with E-state index in [1.807, 2.05) is 0 Å². The first-order valence-electron chi connectivity index (χ1n) is 7.50. The first-order valence-corrected chi connectivity index (χ1v) is 7.88. The van der Waals surface area contributed by atoms with Crippen molar-refractivity contribution in [3.63, 3.8) is 0 Å². The predicted molar refractivity (Wildman–Crippen MR) is 85.3 cm³/mol. The molecule has 1 heterocycles. The van der Waals surface area contributed by atoms with Gasteiger partial charge in [0.05, 0.1) is 17.5 Å². The van der Waals surface area contributed by atoms with Crippen LogP contribution in [-0.2, 0) is 9.59 Å². The first kappa shape index (κ1) is 18.2. The molecule has 0 bridgehead atoms. The Bertz CT molecular complexity index is 659. The highest BCUT2D eigenvalue weighted by Crippen LogP contribution is 2.19. The lowest BCUT2D eigenvalue weighted by Gasteiger charge is -2.31. The quantitative estimate of drug-likeness (QED) is 0.893. The van der Waals surface area contributed by atoms with Crippen molar-refractivity contribution >= 4 is 29.4 Å². The fraction of sp³-hybridized carbons (Fsp3) is 0.438. The number of carboxylic acids is 1. The van der Waals surface area contributed by atoms with Gasteiger partial charge in [0.1, 0.15) is 5.82 Å². The van der Waals surface area contributed by atoms with Gasteiger partial charge in [-0.15, -0.1) is 0 Å². The van der Waals surface area contributed by atoms with Crippen molar-refractivity contribution in [3.8, 4) is 0 Å². The van der Waals surface area contributed by atoms with Crippen molar-refractivity contribution in [2.45, 2.75) is 12.8 Å². The number of likely N-dealkylation sites (N-methyl/N-ethyl adjacent to an activating group) is 1. The number of carbonyl (C=O) groups is 3. The summed E-state index contributed by atoms with van der Waals surface area (Å²) in [6.45, 7) is 0.589. The van der Waals surface area contributed by atoms with Gasteiger partial charge in [-0.3, -0.25) is 14.4 Å². The molecule has 0 radical (unpaired) electrons. The van der Waals surface area contributed by atoms with Gasteiger partial charge >= 0.3 is 5.97 Å². The predicted octanol–water partition coefficient (Wildman–Crippen LogP) is 1.87. The Morgan fingerprint density at radius 1 is 1.33 bits per heavy atom. The van der Waals surface area contributed by atoms with Crippen LogP contribution in [0.4, 0.5) is 4.39 Å². The summed E-state index contributed by atoms with van der Waals surface area (Å²) in [5.41, 5.74) is 0.196. The molecule has 130 valence electrons. The lowest BCUT2D eigenvalue weighted by atomic mass is 9.97. The van der Waals surface area contributed by atoms with Crippen LogP contribution in [0.1, 0.15) is 23.2 Å². The minimum Gasteiger partial charge on any atom is -0.481 e. The molecule has 1 aromatic rings. The van der Waals surface area contributed by atoms with E-state index < -0.39 is 23.6 Å². The van der Waals surface area contributed by atoms with Crippen LogP contribution in [0.25, 0.3) is 0 Å². The molecule has 0 spiro atoms. The molecule has 1 aliphatic heterocycles. The zero-order valence-electron chi connectivity index (χ0n) is 13.2. The number of rotatable bonds is 4. The van der Waals surface area contributed by atoms with E-state index >= 15 is 0 Å². The fourth-order valence-electron chi connectivity index (χ4n) is 2.60. The molecule has 1 fully saturated rings. The number of hydrogen-bond acceptors (Lipinski definition) is 3. The van der Waals surface area contributed by atoms with Gasteiger partial charge in [0.25, 0.3) is 5.91 Å². The van der Waals surface area contributed by atoms with Crippen molar-refractivity contribution < 1.29 is 23.9 Å². The van der Waals surface area contributed by atoms with E-state index in [0.717, 1.165) is 6.07 Å². The van der Waals surface area contributed by atoms with Crippen molar-refractivity contribution in [1.29, 1.82) is 0 Å². The van der Waals surface area contributed by atoms with Crippen LogP contribution in [0, 0.1) is 11.7 Å². The lowest BCUT2D eigenvalue weighted by Crippen LogP contribution is -2.45. The highest BCUT2D eigenvalue weighted by atomic mass is 35.5. The molecule has 1 N–H and O–H groups in total. The van der Waals surface area contributed by atoms with Crippen molar-refractivity contribution in [2.75, 3.05) is 26.7 Å². The Morgan fingerprint density at radius 2 is 1.96 bits per heavy atom. The second kappa shape index (κ2) is 7.61. The molecule has 1 saturated heterocycles. The maximum absolute atomic E-state index is 13.1. The molecule has 2 rings (SSSR count). The van der Waals surface area contributed by atoms with Gasteiger partial charge in [0, 0.05) is 25.7 Å². The maximum Gasteiger partial charge on any atom is 0.306 e. The molecule has 1 aliphatic rings. The molecule has 1 aromatic carbocycles. The summed E-state index contributed by atoms with van der Waals surface area (Å²) in [4.78, 5) is 38.2. The van der Waals surface area contributed by atoms with Crippen LogP contribution < -0.4 is 0 Å². The molecular weight excluding hydrogens is 339 g/mol. The highest BCUT2D eigenvalue weighted by Gasteiger charge is 2.28. The Hall–Kier alpha value is -2.15. The van der Waals surface area contributed by atoms with Gasteiger partial charge < -0.3 is 14.9 Å². The van der Waals surface area contributed by atoms with E-state index in [1.165, 1.54) is 24.1 Å². The van der Waals surface area contributed by atoms with Crippen LogP contribution in [0.3, 0.4) is 0 Å². The summed E-state index contributed by atoms with van der Waals surface area (Å²) < 4.78 is 13.1. The van der Waals surface area contributed by atoms with Gasteiger partial charge in [-0.25, -0.2) is 4.39 Å². The van der Waals surface area contributed by atoms with Gasteiger partial charge in [-0.05, 0) is 31.0 Å². The normalized spacial score (nSPS) is 15.2. The molecule has 0 atom stereocenters. The molecule has 0 unspecified atom stereocenters. The molecule has 0 saturated carbocycles. The van der Waals surface area contributed by atoms with Gasteiger partial charge in [0.2, 0.25) is 5.91 Å². The number of carbonyl (C=O) groups excluding carboxylic acids is 2. The minimum absolute atomic E-state index is 0.133. The molecule has 8 heteroatoms. The first-order chi connectivity index (χ1) is 11.3. The van der Waals surface area contributed by atoms with Crippen LogP contribution in [0.2, 0.25) is 5.02 Å². The third kappa shape index (κ3) is 4.23. The zero-order valence-corrected chi connectivity index (χ0v) is 13.9. The van der Waals surface area contributed by atoms with Crippen LogP contribution in [-0.4, -0.2) is 59.4 Å². The third-order valence-corrected chi connectivity index (χ3v) is 4.37. The minimum atomic E-state index is -0.845. The summed E-state index contributed by atoms with van der Waals surface area (Å²) in [5, 5.41) is 8.80. The van der Waals surface area contributed by atoms with E-state index in [2.05, 4.69) is 0 Å². The number of halogens is 2. The average Bonchev–Trinajstić information content (AvgIpc) is 2.56. The summed E-state index contributed by atoms with van der Waals surface area (Å²) in [6.07, 6.45) is 0.818. The van der Waals surface area contributed by atoms with Crippen molar-refractivity contribution in [3.05, 3.63) is 34.6 Å². The molecule has 2 amide bonds. The van der Waals surface area contributed by atoms with E-state index in [0.29, 0.717) is 25.9 Å². The van der Waals surface area contributed by atoms with Crippen LogP contribution in [0.15, 0.2) is 18.2 Å². The number of carboxylic acid groups (broad SMARTS) is 1. The SMILES string of the molecule is CN(CC(=O)N1CCC(C(=O)O)CC1)C(=O)c1ccc(F)c(Cl)c1. The van der Waals surface area contributed by atoms with E-state index in [4.69, 9.17) is 16.7 Å². The number of nitrogens with zero attached hydrogens (tertiary/aromatic N) is 2. The second-order valence-electron chi connectivity index (χ2n) is 5.78. The number of likely N-dealkylation sites (tertiary alicyclic amines) is 1. The Labute approximate surface area is 143 Å². The summed E-state index contributed by atoms with van der Waals surface area (Å²) in [5.74, 6) is -2.57. The number of hydrogen-bond donors (Lipinski definition) is 1. The monoisotopic (exact) mass is 356 g/mol. The molecule has 0 aliphatic carbocycles. The third-order valence-electron chi connectivity index (χ3n) is 4.08. The number of benzene rings is 1. The number of piperidine rings is 1. The van der Waals surface area contributed by atoms with Gasteiger partial charge in [-0.1, -0.05) is 11.6 Å². The average molecular weight is 357 g/mol. The van der Waals surface area contributed by atoms with E-state index in [9.17, 15) is 18.8 Å². The highest BCUT2D eigenvalue weighted by molar-refractivity contribution is 6.31. The van der Waals surface area contributed by atoms with Crippen LogP contribution in [0.5, 0.6) is 0 Å². The topological polar surface area (TPSA) is 77.9 Å². The lowest BCUT2D eigenvalue weighted by molar-refractivity contribution is -0.145. The van der Waals surface area contributed by atoms with Gasteiger partial charge in [0.15, 0.2) is 0 Å². The molecule has 24 heavy (non-hydrogen) atoms. The Balaban J connectivity index is 1.92. The smallest absolute Gasteiger partial charge is 0.306 e. The Kier molecular flexibility index (Phi) is 5.77. The zero-order chi connectivity index (χ0) is 17.9. The largest absolute Gasteiger partial charge is 0.481 e. The van der Waals surface area contributed by atoms with E-state index in [-0.39, 0.29) is 23.0 Å². The Morgan fingerprint density at radius 3 is 2.50 bits per heavy atom. The summed E-state index contributed by atoms with van der Waals surface area (Å²) in [6, 6.07) is 3.63. The van der Waals surface area contributed by atoms with Gasteiger partial charge in [-0.2, -0.15) is 0 Å². The maximum atomic E-state index is 13.1. The van der Waals surface area contributed by atoms with Crippen molar-refractivity contribution in [1.82, 2.24) is 9.80 Å². The molecule has 0 aromatic heterocycles. The molecule has 6 nitrogen and oxygen atoms in total. The number of amides is 2. The van der Waals surface area contributed by atoms with Crippen molar-refractivity contribution in [2.24, 2.45) is 5.92 Å². The standard InChI is InChI=1S/C16H18ClFN2O4/c1-19(15(22)11-2-3-13(18)12(17)8-11)9-14(21)20-6-4-10(5-7-20)16(23)24/h2-3,8,10H,4-7,9H2,1H3,(H,23,24). The fourth-order valence-corrected chi connectivity index (χ4v) is 2.78. The second-order valence-corrected chi connectivity index (χ2v) is 6.19. The summed E-state index contributed by atoms with van der Waals surface area (Å²) in [7, 11) is 1.47.